The topological polar surface area (TPSA) is 117 Å². The largest absolute Gasteiger partial charge is 0.441 e. The molecule has 3 heterocycles. The number of carbonyl (C=O) groups excluding carboxylic acids is 3. The molecule has 11 heteroatoms. The highest BCUT2D eigenvalue weighted by molar-refractivity contribution is 5.80. The second-order valence-corrected chi connectivity index (χ2v) is 13.4. The van der Waals surface area contributed by atoms with Crippen molar-refractivity contribution in [2.45, 2.75) is 91.6 Å². The van der Waals surface area contributed by atoms with E-state index >= 15 is 0 Å². The summed E-state index contributed by atoms with van der Waals surface area (Å²) in [5.41, 5.74) is 6.66. The standard InChI is InChI=1S/C19H27N3O4.C11H23NO.C10H10N2/c1-15(24)13-26-19(25)21-11-8-17(9-12-21)22(14-23)10-7-16-5-3-4-6-18(16)20-2;1-3-7-12(8-4-2)11-5-9-13-10-6-11;1-7-5-8(2)10-9(6-7)11-3-4-12-10/h3-6,14,17,20H,7-13H2,1-2H3;11H,3-10H2,1-2H3;3-6H,1-2H3. The number of rotatable bonds is 13. The van der Waals surface area contributed by atoms with Crippen molar-refractivity contribution < 1.29 is 23.9 Å². The lowest BCUT2D eigenvalue weighted by molar-refractivity contribution is -0.122. The summed E-state index contributed by atoms with van der Waals surface area (Å²) >= 11 is 0. The van der Waals surface area contributed by atoms with Gasteiger partial charge in [0.25, 0.3) is 0 Å². The molecule has 0 bridgehead atoms. The van der Waals surface area contributed by atoms with Crippen molar-refractivity contribution in [3.05, 3.63) is 65.5 Å². The molecule has 0 radical (unpaired) electrons. The van der Waals surface area contributed by atoms with Crippen LogP contribution in [-0.2, 0) is 25.5 Å². The summed E-state index contributed by atoms with van der Waals surface area (Å²) in [5.74, 6) is -0.179. The SMILES string of the molecule is CCCN(CCC)C1CCOCC1.CNc1ccccc1CCN(C=O)C1CCN(C(=O)OCC(C)=O)CC1.Cc1cc(C)c2nccnc2c1. The Labute approximate surface area is 305 Å². The van der Waals surface area contributed by atoms with E-state index in [1.165, 1.54) is 62.4 Å². The molecular formula is C40H60N6O5. The Morgan fingerprint density at radius 2 is 1.63 bits per heavy atom. The Morgan fingerprint density at radius 3 is 2.25 bits per heavy atom. The van der Waals surface area contributed by atoms with Gasteiger partial charge < -0.3 is 29.5 Å². The maximum atomic E-state index is 11.9. The first-order valence-corrected chi connectivity index (χ1v) is 18.6. The van der Waals surface area contributed by atoms with Crippen molar-refractivity contribution in [3.8, 4) is 0 Å². The fraction of sp³-hybridized carbons (Fsp3) is 0.575. The van der Waals surface area contributed by atoms with E-state index < -0.39 is 6.09 Å². The lowest BCUT2D eigenvalue weighted by atomic mass is 10.0. The molecule has 2 aliphatic heterocycles. The third-order valence-corrected chi connectivity index (χ3v) is 9.29. The van der Waals surface area contributed by atoms with Crippen LogP contribution in [-0.4, -0.2) is 115 Å². The third-order valence-electron chi connectivity index (χ3n) is 9.29. The van der Waals surface area contributed by atoms with Crippen LogP contribution >= 0.6 is 0 Å². The first-order valence-electron chi connectivity index (χ1n) is 18.6. The molecule has 0 saturated carbocycles. The Morgan fingerprint density at radius 1 is 0.961 bits per heavy atom. The van der Waals surface area contributed by atoms with Crippen LogP contribution in [0.15, 0.2) is 48.8 Å². The maximum Gasteiger partial charge on any atom is 0.410 e. The summed E-state index contributed by atoms with van der Waals surface area (Å²) in [6.45, 7) is 16.0. The highest BCUT2D eigenvalue weighted by Crippen LogP contribution is 2.20. The molecular weight excluding hydrogens is 644 g/mol. The van der Waals surface area contributed by atoms with Gasteiger partial charge in [-0.3, -0.25) is 19.6 Å². The van der Waals surface area contributed by atoms with Gasteiger partial charge in [-0.05, 0) is 108 Å². The van der Waals surface area contributed by atoms with Crippen LogP contribution < -0.4 is 5.32 Å². The third kappa shape index (κ3) is 13.9. The number of benzene rings is 2. The number of piperidine rings is 1. The molecule has 2 fully saturated rings. The van der Waals surface area contributed by atoms with E-state index in [-0.39, 0.29) is 18.4 Å². The number of likely N-dealkylation sites (tertiary alicyclic amines) is 1. The smallest absolute Gasteiger partial charge is 0.410 e. The Kier molecular flexibility index (Phi) is 18.4. The van der Waals surface area contributed by atoms with Crippen LogP contribution in [0.2, 0.25) is 0 Å². The van der Waals surface area contributed by atoms with Crippen molar-refractivity contribution in [1.82, 2.24) is 24.7 Å². The van der Waals surface area contributed by atoms with E-state index in [0.29, 0.717) is 32.5 Å². The minimum atomic E-state index is -0.459. The van der Waals surface area contributed by atoms with Crippen molar-refractivity contribution in [2.24, 2.45) is 0 Å². The van der Waals surface area contributed by atoms with Gasteiger partial charge in [0.1, 0.15) is 0 Å². The second-order valence-electron chi connectivity index (χ2n) is 13.4. The molecule has 0 aliphatic carbocycles. The van der Waals surface area contributed by atoms with Gasteiger partial charge in [0.05, 0.1) is 11.0 Å². The van der Waals surface area contributed by atoms with Crippen molar-refractivity contribution >= 4 is 35.0 Å². The highest BCUT2D eigenvalue weighted by atomic mass is 16.6. The predicted octanol–water partition coefficient (Wildman–Crippen LogP) is 6.45. The number of aromatic nitrogens is 2. The van der Waals surface area contributed by atoms with E-state index in [9.17, 15) is 14.4 Å². The lowest BCUT2D eigenvalue weighted by Crippen LogP contribution is -2.47. The predicted molar refractivity (Wildman–Crippen MR) is 204 cm³/mol. The van der Waals surface area contributed by atoms with Crippen molar-refractivity contribution in [1.29, 1.82) is 0 Å². The number of ketones is 1. The monoisotopic (exact) mass is 704 g/mol. The molecule has 1 aromatic heterocycles. The molecule has 0 atom stereocenters. The summed E-state index contributed by atoms with van der Waals surface area (Å²) in [4.78, 5) is 48.9. The van der Waals surface area contributed by atoms with Crippen LogP contribution in [0.1, 0.15) is 76.0 Å². The van der Waals surface area contributed by atoms with Gasteiger partial charge in [-0.1, -0.05) is 38.1 Å². The van der Waals surface area contributed by atoms with E-state index in [1.54, 1.807) is 17.3 Å². The van der Waals surface area contributed by atoms with Gasteiger partial charge in [0.2, 0.25) is 6.41 Å². The quantitative estimate of drug-likeness (QED) is 0.200. The van der Waals surface area contributed by atoms with Crippen molar-refractivity contribution in [3.63, 3.8) is 0 Å². The Hall–Kier alpha value is -4.09. The molecule has 11 nitrogen and oxygen atoms in total. The van der Waals surface area contributed by atoms with Gasteiger partial charge in [-0.25, -0.2) is 4.79 Å². The molecule has 0 unspecified atom stereocenters. The molecule has 51 heavy (non-hydrogen) atoms. The molecule has 0 spiro atoms. The first-order chi connectivity index (χ1) is 24.7. The van der Waals surface area contributed by atoms with Gasteiger partial charge in [-0.2, -0.15) is 0 Å². The van der Waals surface area contributed by atoms with Gasteiger partial charge in [0.15, 0.2) is 12.4 Å². The number of hydrogen-bond donors (Lipinski definition) is 1. The number of anilines is 1. The van der Waals surface area contributed by atoms with E-state index in [1.807, 2.05) is 30.1 Å². The molecule has 1 N–H and O–H groups in total. The lowest BCUT2D eigenvalue weighted by Gasteiger charge is -2.36. The van der Waals surface area contributed by atoms with Crippen LogP contribution in [0.3, 0.4) is 0 Å². The number of para-hydroxylation sites is 1. The van der Waals surface area contributed by atoms with E-state index in [0.717, 1.165) is 48.8 Å². The van der Waals surface area contributed by atoms with Crippen molar-refractivity contribution in [2.75, 3.05) is 64.9 Å². The normalized spacial score (nSPS) is 14.9. The van der Waals surface area contributed by atoms with Crippen LogP contribution in [0.5, 0.6) is 0 Å². The van der Waals surface area contributed by atoms with Gasteiger partial charge in [0, 0.05) is 70.1 Å². The summed E-state index contributed by atoms with van der Waals surface area (Å²) in [7, 11) is 1.89. The van der Waals surface area contributed by atoms with Crippen LogP contribution in [0.25, 0.3) is 11.0 Å². The first kappa shape index (κ1) is 41.3. The molecule has 5 rings (SSSR count). The summed E-state index contributed by atoms with van der Waals surface area (Å²) in [6.07, 6.45) is 11.1. The number of aryl methyl sites for hydroxylation is 2. The zero-order chi connectivity index (χ0) is 37.0. The number of carbonyl (C=O) groups is 3. The average Bonchev–Trinajstić information content (AvgIpc) is 3.15. The highest BCUT2D eigenvalue weighted by Gasteiger charge is 2.27. The zero-order valence-corrected chi connectivity index (χ0v) is 31.7. The molecule has 2 aliphatic rings. The number of hydrogen-bond acceptors (Lipinski definition) is 9. The number of nitrogens with zero attached hydrogens (tertiary/aromatic N) is 5. The maximum absolute atomic E-state index is 11.9. The second kappa shape index (κ2) is 22.7. The fourth-order valence-electron chi connectivity index (χ4n) is 6.71. The minimum Gasteiger partial charge on any atom is -0.441 e. The Bertz CT molecular complexity index is 1480. The van der Waals surface area contributed by atoms with Crippen LogP contribution in [0.4, 0.5) is 10.5 Å². The number of amides is 2. The average molecular weight is 705 g/mol. The Balaban J connectivity index is 0.000000233. The molecule has 2 saturated heterocycles. The number of Topliss-reactive ketones (excluding diaryl/α,β-unsaturated/α-hetero) is 1. The summed E-state index contributed by atoms with van der Waals surface area (Å²) in [5, 5.41) is 3.17. The van der Waals surface area contributed by atoms with E-state index in [4.69, 9.17) is 9.47 Å². The van der Waals surface area contributed by atoms with Crippen LogP contribution in [0, 0.1) is 13.8 Å². The molecule has 280 valence electrons. The fourth-order valence-corrected chi connectivity index (χ4v) is 6.71. The minimum absolute atomic E-state index is 0.117. The number of nitrogens with one attached hydrogen (secondary N) is 1. The molecule has 3 aromatic rings. The summed E-state index contributed by atoms with van der Waals surface area (Å²) < 4.78 is 10.3. The number of fused-ring (bicyclic) bond motifs is 1. The number of ether oxygens (including phenoxy) is 2. The molecule has 2 aromatic carbocycles. The molecule has 2 amide bonds. The van der Waals surface area contributed by atoms with E-state index in [2.05, 4.69) is 66.1 Å². The van der Waals surface area contributed by atoms with Gasteiger partial charge >= 0.3 is 6.09 Å². The van der Waals surface area contributed by atoms with Gasteiger partial charge in [-0.15, -0.1) is 0 Å². The zero-order valence-electron chi connectivity index (χ0n) is 31.7. The summed E-state index contributed by atoms with van der Waals surface area (Å²) in [6, 6.07) is 13.1.